The lowest BCUT2D eigenvalue weighted by molar-refractivity contribution is -0.137. The average molecular weight is 391 g/mol. The van der Waals surface area contributed by atoms with Crippen LogP contribution >= 0.6 is 15.9 Å². The van der Waals surface area contributed by atoms with Crippen LogP contribution < -0.4 is 4.90 Å². The van der Waals surface area contributed by atoms with Crippen LogP contribution in [0.25, 0.3) is 0 Å². The maximum absolute atomic E-state index is 13.4. The number of nitrogens with zero attached hydrogens (tertiary/aromatic N) is 2. The molecule has 0 saturated heterocycles. The molecule has 0 radical (unpaired) electrons. The summed E-state index contributed by atoms with van der Waals surface area (Å²) in [7, 11) is 1.95. The van der Waals surface area contributed by atoms with Gasteiger partial charge >= 0.3 is 6.18 Å². The fourth-order valence-electron chi connectivity index (χ4n) is 3.03. The molecule has 0 N–H and O–H groups in total. The van der Waals surface area contributed by atoms with E-state index < -0.39 is 11.7 Å². The SMILES string of the molecule is CCCCC1=C(CC)N(c2ccc(Br)cc2C(F)(F)F)CN1C. The summed E-state index contributed by atoms with van der Waals surface area (Å²) in [6, 6.07) is 4.38. The van der Waals surface area contributed by atoms with Gasteiger partial charge < -0.3 is 9.80 Å². The predicted molar refractivity (Wildman–Crippen MR) is 91.1 cm³/mol. The summed E-state index contributed by atoms with van der Waals surface area (Å²) in [6.45, 7) is 4.59. The van der Waals surface area contributed by atoms with Gasteiger partial charge in [0, 0.05) is 22.9 Å². The molecule has 23 heavy (non-hydrogen) atoms. The van der Waals surface area contributed by atoms with Crippen molar-refractivity contribution >= 4 is 21.6 Å². The van der Waals surface area contributed by atoms with Crippen molar-refractivity contribution in [2.45, 2.75) is 45.7 Å². The van der Waals surface area contributed by atoms with Crippen molar-refractivity contribution < 1.29 is 13.2 Å². The van der Waals surface area contributed by atoms with Gasteiger partial charge in [-0.1, -0.05) is 36.2 Å². The number of alkyl halides is 3. The van der Waals surface area contributed by atoms with Crippen LogP contribution in [0.1, 0.15) is 45.1 Å². The number of rotatable bonds is 5. The van der Waals surface area contributed by atoms with Crippen molar-refractivity contribution in [3.05, 3.63) is 39.6 Å². The van der Waals surface area contributed by atoms with Gasteiger partial charge in [-0.3, -0.25) is 0 Å². The molecular formula is C17H22BrF3N2. The summed E-state index contributed by atoms with van der Waals surface area (Å²) in [4.78, 5) is 3.87. The molecule has 1 aromatic rings. The third kappa shape index (κ3) is 3.84. The first-order chi connectivity index (χ1) is 10.8. The molecule has 0 aliphatic carbocycles. The van der Waals surface area contributed by atoms with Crippen LogP contribution in [-0.2, 0) is 6.18 Å². The largest absolute Gasteiger partial charge is 0.418 e. The Hall–Kier alpha value is -1.17. The first kappa shape index (κ1) is 18.2. The first-order valence-electron chi connectivity index (χ1n) is 7.87. The number of hydrogen-bond donors (Lipinski definition) is 0. The monoisotopic (exact) mass is 390 g/mol. The van der Waals surface area contributed by atoms with Gasteiger partial charge in [0.25, 0.3) is 0 Å². The molecule has 1 aromatic carbocycles. The van der Waals surface area contributed by atoms with Crippen LogP contribution in [0.5, 0.6) is 0 Å². The molecule has 2 nitrogen and oxygen atoms in total. The Morgan fingerprint density at radius 2 is 1.87 bits per heavy atom. The third-order valence-electron chi connectivity index (χ3n) is 4.13. The van der Waals surface area contributed by atoms with E-state index in [1.165, 1.54) is 0 Å². The highest BCUT2D eigenvalue weighted by Gasteiger charge is 2.37. The zero-order valence-corrected chi connectivity index (χ0v) is 15.3. The standard InChI is InChI=1S/C17H22BrF3N2/c1-4-6-7-16-14(5-2)23(11-22(16)3)15-9-8-12(18)10-13(15)17(19,20)21/h8-10H,4-7,11H2,1-3H3. The number of benzene rings is 1. The number of halogens is 4. The fraction of sp³-hybridized carbons (Fsp3) is 0.529. The minimum atomic E-state index is -4.37. The van der Waals surface area contributed by atoms with Gasteiger partial charge in [-0.25, -0.2) is 0 Å². The minimum absolute atomic E-state index is 0.232. The van der Waals surface area contributed by atoms with E-state index in [4.69, 9.17) is 0 Å². The molecule has 6 heteroatoms. The molecule has 1 aliphatic rings. The Bertz CT molecular complexity index is 596. The Balaban J connectivity index is 2.48. The molecule has 0 aromatic heterocycles. The van der Waals surface area contributed by atoms with Crippen LogP contribution in [0.2, 0.25) is 0 Å². The summed E-state index contributed by atoms with van der Waals surface area (Å²) < 4.78 is 40.7. The van der Waals surface area contributed by atoms with Crippen LogP contribution in [0, 0.1) is 0 Å². The molecule has 0 spiro atoms. The number of hydrogen-bond acceptors (Lipinski definition) is 2. The lowest BCUT2D eigenvalue weighted by atomic mass is 10.1. The molecule has 0 amide bonds. The average Bonchev–Trinajstić information content (AvgIpc) is 2.80. The van der Waals surface area contributed by atoms with E-state index in [9.17, 15) is 13.2 Å². The van der Waals surface area contributed by atoms with E-state index in [0.29, 0.717) is 11.1 Å². The predicted octanol–water partition coefficient (Wildman–Crippen LogP) is 5.99. The lowest BCUT2D eigenvalue weighted by Gasteiger charge is -2.26. The van der Waals surface area contributed by atoms with Gasteiger partial charge in [-0.15, -0.1) is 0 Å². The van der Waals surface area contributed by atoms with Crippen LogP contribution in [-0.4, -0.2) is 18.6 Å². The van der Waals surface area contributed by atoms with E-state index in [2.05, 4.69) is 27.8 Å². The van der Waals surface area contributed by atoms with Crippen molar-refractivity contribution in [3.8, 4) is 0 Å². The zero-order chi connectivity index (χ0) is 17.2. The molecule has 1 heterocycles. The van der Waals surface area contributed by atoms with Gasteiger partial charge in [-0.2, -0.15) is 13.2 Å². The second kappa shape index (κ2) is 7.16. The van der Waals surface area contributed by atoms with Gasteiger partial charge in [-0.05, 0) is 37.5 Å². The Kier molecular flexibility index (Phi) is 5.65. The van der Waals surface area contributed by atoms with Gasteiger partial charge in [0.1, 0.15) is 0 Å². The second-order valence-corrected chi connectivity index (χ2v) is 6.69. The fourth-order valence-corrected chi connectivity index (χ4v) is 3.39. The molecule has 2 rings (SSSR count). The minimum Gasteiger partial charge on any atom is -0.358 e. The zero-order valence-electron chi connectivity index (χ0n) is 13.7. The highest BCUT2D eigenvalue weighted by atomic mass is 79.9. The van der Waals surface area contributed by atoms with E-state index >= 15 is 0 Å². The Morgan fingerprint density at radius 3 is 2.43 bits per heavy atom. The smallest absolute Gasteiger partial charge is 0.358 e. The van der Waals surface area contributed by atoms with Crippen molar-refractivity contribution in [2.24, 2.45) is 0 Å². The van der Waals surface area contributed by atoms with Gasteiger partial charge in [0.05, 0.1) is 17.9 Å². The highest BCUT2D eigenvalue weighted by Crippen LogP contribution is 2.42. The van der Waals surface area contributed by atoms with Crippen LogP contribution in [0.15, 0.2) is 34.1 Å². The summed E-state index contributed by atoms with van der Waals surface area (Å²) in [6.07, 6.45) is -0.631. The molecule has 128 valence electrons. The van der Waals surface area contributed by atoms with Crippen molar-refractivity contribution in [1.29, 1.82) is 0 Å². The van der Waals surface area contributed by atoms with Crippen molar-refractivity contribution in [3.63, 3.8) is 0 Å². The highest BCUT2D eigenvalue weighted by molar-refractivity contribution is 9.10. The summed E-state index contributed by atoms with van der Waals surface area (Å²) >= 11 is 3.15. The first-order valence-corrected chi connectivity index (χ1v) is 8.66. The molecule has 1 aliphatic heterocycles. The molecular weight excluding hydrogens is 369 g/mol. The van der Waals surface area contributed by atoms with Crippen LogP contribution in [0.3, 0.4) is 0 Å². The molecule has 0 unspecified atom stereocenters. The number of unbranched alkanes of at least 4 members (excludes halogenated alkanes) is 1. The number of allylic oxidation sites excluding steroid dienone is 2. The lowest BCUT2D eigenvalue weighted by Crippen LogP contribution is -2.27. The molecule has 0 saturated carbocycles. The maximum Gasteiger partial charge on any atom is 0.418 e. The Morgan fingerprint density at radius 1 is 1.17 bits per heavy atom. The van der Waals surface area contributed by atoms with Crippen molar-refractivity contribution in [2.75, 3.05) is 18.6 Å². The quantitative estimate of drug-likeness (QED) is 0.609. The normalized spacial score (nSPS) is 15.8. The van der Waals surface area contributed by atoms with Gasteiger partial charge in [0.15, 0.2) is 0 Å². The molecule has 0 atom stereocenters. The second-order valence-electron chi connectivity index (χ2n) is 5.78. The Labute approximate surface area is 144 Å². The van der Waals surface area contributed by atoms with E-state index in [-0.39, 0.29) is 5.69 Å². The summed E-state index contributed by atoms with van der Waals surface area (Å²) in [5, 5.41) is 0. The third-order valence-corrected chi connectivity index (χ3v) is 4.62. The van der Waals surface area contributed by atoms with Gasteiger partial charge in [0.2, 0.25) is 0 Å². The van der Waals surface area contributed by atoms with Crippen LogP contribution in [0.4, 0.5) is 18.9 Å². The van der Waals surface area contributed by atoms with Crippen molar-refractivity contribution in [1.82, 2.24) is 4.90 Å². The summed E-state index contributed by atoms with van der Waals surface area (Å²) in [5.41, 5.74) is 1.79. The summed E-state index contributed by atoms with van der Waals surface area (Å²) in [5.74, 6) is 0. The number of anilines is 1. The van der Waals surface area contributed by atoms with E-state index in [1.54, 1.807) is 17.0 Å². The van der Waals surface area contributed by atoms with E-state index in [0.717, 1.165) is 43.1 Å². The molecule has 0 fully saturated rings. The molecule has 0 bridgehead atoms. The van der Waals surface area contributed by atoms with E-state index in [1.807, 2.05) is 14.0 Å². The topological polar surface area (TPSA) is 6.48 Å². The maximum atomic E-state index is 13.4.